The molecule has 0 unspecified atom stereocenters. The van der Waals surface area contributed by atoms with Crippen LogP contribution in [-0.4, -0.2) is 16.0 Å². The second-order valence-corrected chi connectivity index (χ2v) is 4.58. The fourth-order valence-electron chi connectivity index (χ4n) is 1.94. The number of carbonyl (C=O) groups is 1. The van der Waals surface area contributed by atoms with E-state index in [2.05, 4.69) is 0 Å². The van der Waals surface area contributed by atoms with E-state index in [9.17, 15) is 20.0 Å². The van der Waals surface area contributed by atoms with Crippen molar-refractivity contribution in [1.82, 2.24) is 0 Å². The van der Waals surface area contributed by atoms with Crippen molar-refractivity contribution < 1.29 is 14.8 Å². The number of carboxylic acids is 1. The first kappa shape index (κ1) is 14.5. The minimum absolute atomic E-state index is 0.0282. The summed E-state index contributed by atoms with van der Waals surface area (Å²) in [7, 11) is 0. The van der Waals surface area contributed by atoms with Gasteiger partial charge in [-0.25, -0.2) is 4.79 Å². The Morgan fingerprint density at radius 2 is 1.86 bits per heavy atom. The number of aryl methyl sites for hydroxylation is 1. The molecule has 0 aliphatic heterocycles. The number of hydrogen-bond donors (Lipinski definition) is 1. The van der Waals surface area contributed by atoms with Crippen LogP contribution in [0.1, 0.15) is 16.7 Å². The van der Waals surface area contributed by atoms with Crippen LogP contribution in [-0.2, 0) is 4.79 Å². The summed E-state index contributed by atoms with van der Waals surface area (Å²) in [5.41, 5.74) is 2.27. The summed E-state index contributed by atoms with van der Waals surface area (Å²) in [5.74, 6) is -1.04. The highest BCUT2D eigenvalue weighted by Crippen LogP contribution is 2.21. The van der Waals surface area contributed by atoms with E-state index in [0.29, 0.717) is 11.1 Å². The fraction of sp³-hybridized carbons (Fsp3) is 0.0625. The zero-order valence-electron chi connectivity index (χ0n) is 11.3. The second-order valence-electron chi connectivity index (χ2n) is 4.58. The predicted molar refractivity (Wildman–Crippen MR) is 79.8 cm³/mol. The maximum Gasteiger partial charge on any atom is 0.336 e. The summed E-state index contributed by atoms with van der Waals surface area (Å²) < 4.78 is 0. The summed E-state index contributed by atoms with van der Waals surface area (Å²) in [6, 6.07) is 12.9. The smallest absolute Gasteiger partial charge is 0.336 e. The van der Waals surface area contributed by atoms with E-state index in [1.165, 1.54) is 30.3 Å². The van der Waals surface area contributed by atoms with E-state index >= 15 is 0 Å². The third-order valence-electron chi connectivity index (χ3n) is 2.97. The number of nitro benzene ring substituents is 1. The van der Waals surface area contributed by atoms with Crippen molar-refractivity contribution in [2.24, 2.45) is 0 Å². The Balaban J connectivity index is 2.42. The van der Waals surface area contributed by atoms with Crippen LogP contribution < -0.4 is 0 Å². The van der Waals surface area contributed by atoms with E-state index in [-0.39, 0.29) is 11.3 Å². The van der Waals surface area contributed by atoms with Gasteiger partial charge >= 0.3 is 5.97 Å². The van der Waals surface area contributed by atoms with Gasteiger partial charge in [0.2, 0.25) is 0 Å². The Kier molecular flexibility index (Phi) is 4.13. The van der Waals surface area contributed by atoms with Crippen molar-refractivity contribution in [2.75, 3.05) is 0 Å². The lowest BCUT2D eigenvalue weighted by atomic mass is 10.0. The number of nitrogens with zero attached hydrogens (tertiary/aromatic N) is 1. The molecule has 0 aliphatic rings. The molecule has 0 amide bonds. The molecular weight excluding hydrogens is 270 g/mol. The van der Waals surface area contributed by atoms with Gasteiger partial charge in [0.05, 0.1) is 10.5 Å². The molecule has 0 radical (unpaired) electrons. The Morgan fingerprint density at radius 1 is 1.19 bits per heavy atom. The summed E-state index contributed by atoms with van der Waals surface area (Å²) >= 11 is 0. The van der Waals surface area contributed by atoms with Gasteiger partial charge in [-0.15, -0.1) is 0 Å². The largest absolute Gasteiger partial charge is 0.478 e. The molecule has 0 saturated heterocycles. The standard InChI is InChI=1S/C16H13NO4/c1-11-3-2-4-13(9-11)15(16(18)19)10-12-5-7-14(8-6-12)17(20)21/h2-10H,1H3,(H,18,19). The predicted octanol–water partition coefficient (Wildman–Crippen LogP) is 3.53. The molecule has 0 heterocycles. The van der Waals surface area contributed by atoms with Crippen LogP contribution >= 0.6 is 0 Å². The van der Waals surface area contributed by atoms with Gasteiger partial charge < -0.3 is 5.11 Å². The Morgan fingerprint density at radius 3 is 2.38 bits per heavy atom. The molecule has 21 heavy (non-hydrogen) atoms. The molecule has 5 heteroatoms. The van der Waals surface area contributed by atoms with Crippen LogP contribution in [0.25, 0.3) is 11.6 Å². The van der Waals surface area contributed by atoms with E-state index in [0.717, 1.165) is 5.56 Å². The van der Waals surface area contributed by atoms with Crippen LogP contribution in [0.4, 0.5) is 5.69 Å². The quantitative estimate of drug-likeness (QED) is 0.403. The summed E-state index contributed by atoms with van der Waals surface area (Å²) in [6.07, 6.45) is 1.50. The Labute approximate surface area is 121 Å². The lowest BCUT2D eigenvalue weighted by molar-refractivity contribution is -0.384. The fourth-order valence-corrected chi connectivity index (χ4v) is 1.94. The average Bonchev–Trinajstić information content (AvgIpc) is 2.45. The van der Waals surface area contributed by atoms with Gasteiger partial charge in [0.25, 0.3) is 5.69 Å². The summed E-state index contributed by atoms with van der Waals surface area (Å²) in [4.78, 5) is 21.5. The molecule has 0 saturated carbocycles. The third-order valence-corrected chi connectivity index (χ3v) is 2.97. The maximum absolute atomic E-state index is 11.4. The number of rotatable bonds is 4. The monoisotopic (exact) mass is 283 g/mol. The van der Waals surface area contributed by atoms with Gasteiger partial charge in [-0.2, -0.15) is 0 Å². The molecule has 1 N–H and O–H groups in total. The highest BCUT2D eigenvalue weighted by molar-refractivity contribution is 6.20. The van der Waals surface area contributed by atoms with Crippen molar-refractivity contribution in [3.8, 4) is 0 Å². The SMILES string of the molecule is Cc1cccc(C(=Cc2ccc([N+](=O)[O-])cc2)C(=O)O)c1. The van der Waals surface area contributed by atoms with Crippen molar-refractivity contribution in [2.45, 2.75) is 6.92 Å². The van der Waals surface area contributed by atoms with Crippen LogP contribution in [0.2, 0.25) is 0 Å². The van der Waals surface area contributed by atoms with Gasteiger partial charge in [-0.3, -0.25) is 10.1 Å². The third kappa shape index (κ3) is 3.54. The minimum atomic E-state index is -1.04. The molecule has 0 bridgehead atoms. The number of nitro groups is 1. The van der Waals surface area contributed by atoms with Gasteiger partial charge in [-0.1, -0.05) is 29.8 Å². The Hall–Kier alpha value is -2.95. The van der Waals surface area contributed by atoms with Crippen molar-refractivity contribution >= 4 is 23.3 Å². The first-order chi connectivity index (χ1) is 9.97. The zero-order valence-corrected chi connectivity index (χ0v) is 11.3. The van der Waals surface area contributed by atoms with Gasteiger partial charge in [0.1, 0.15) is 0 Å². The number of benzene rings is 2. The summed E-state index contributed by atoms with van der Waals surface area (Å²) in [6.45, 7) is 1.88. The van der Waals surface area contributed by atoms with Crippen LogP contribution in [0.5, 0.6) is 0 Å². The lowest BCUT2D eigenvalue weighted by Crippen LogP contribution is -2.00. The molecule has 0 fully saturated rings. The van der Waals surface area contributed by atoms with Crippen LogP contribution in [0.15, 0.2) is 48.5 Å². The van der Waals surface area contributed by atoms with E-state index in [1.807, 2.05) is 13.0 Å². The van der Waals surface area contributed by atoms with Gasteiger partial charge in [0.15, 0.2) is 0 Å². The molecule has 2 aromatic rings. The van der Waals surface area contributed by atoms with Crippen molar-refractivity contribution in [3.63, 3.8) is 0 Å². The first-order valence-corrected chi connectivity index (χ1v) is 6.24. The number of carboxylic acid groups (broad SMARTS) is 1. The van der Waals surface area contributed by atoms with E-state index in [1.54, 1.807) is 18.2 Å². The lowest BCUT2D eigenvalue weighted by Gasteiger charge is -2.04. The molecule has 2 rings (SSSR count). The van der Waals surface area contributed by atoms with E-state index in [4.69, 9.17) is 0 Å². The van der Waals surface area contributed by atoms with Crippen molar-refractivity contribution in [1.29, 1.82) is 0 Å². The molecule has 0 aromatic heterocycles. The zero-order chi connectivity index (χ0) is 15.4. The topological polar surface area (TPSA) is 80.4 Å². The van der Waals surface area contributed by atoms with Crippen LogP contribution in [0, 0.1) is 17.0 Å². The van der Waals surface area contributed by atoms with Gasteiger partial charge in [-0.05, 0) is 36.3 Å². The Bertz CT molecular complexity index is 717. The highest BCUT2D eigenvalue weighted by Gasteiger charge is 2.11. The minimum Gasteiger partial charge on any atom is -0.478 e. The van der Waals surface area contributed by atoms with Crippen molar-refractivity contribution in [3.05, 3.63) is 75.3 Å². The first-order valence-electron chi connectivity index (χ1n) is 6.24. The second kappa shape index (κ2) is 6.00. The molecular formula is C16H13NO4. The molecule has 2 aromatic carbocycles. The number of hydrogen-bond acceptors (Lipinski definition) is 3. The molecule has 0 atom stereocenters. The summed E-state index contributed by atoms with van der Waals surface area (Å²) in [5, 5.41) is 19.9. The average molecular weight is 283 g/mol. The molecule has 0 aliphatic carbocycles. The number of non-ortho nitro benzene ring substituents is 1. The molecule has 106 valence electrons. The molecule has 5 nitrogen and oxygen atoms in total. The number of aliphatic carboxylic acids is 1. The van der Waals surface area contributed by atoms with E-state index < -0.39 is 10.9 Å². The maximum atomic E-state index is 11.4. The van der Waals surface area contributed by atoms with Gasteiger partial charge in [0, 0.05) is 12.1 Å². The normalized spacial score (nSPS) is 11.2. The van der Waals surface area contributed by atoms with Crippen LogP contribution in [0.3, 0.4) is 0 Å². The highest BCUT2D eigenvalue weighted by atomic mass is 16.6. The molecule has 0 spiro atoms.